The van der Waals surface area contributed by atoms with E-state index in [4.69, 9.17) is 0 Å². The number of hydrogen-bond acceptors (Lipinski definition) is 4. The third-order valence-corrected chi connectivity index (χ3v) is 3.50. The Bertz CT molecular complexity index is 574. The Morgan fingerprint density at radius 2 is 2.33 bits per heavy atom. The highest BCUT2D eigenvalue weighted by Gasteiger charge is 2.03. The van der Waals surface area contributed by atoms with Crippen LogP contribution in [0.2, 0.25) is 0 Å². The highest BCUT2D eigenvalue weighted by atomic mass is 32.1. The first-order chi connectivity index (χ1) is 8.69. The van der Waals surface area contributed by atoms with Gasteiger partial charge in [0.05, 0.1) is 6.54 Å². The Kier molecular flexibility index (Phi) is 4.15. The van der Waals surface area contributed by atoms with E-state index < -0.39 is 0 Å². The van der Waals surface area contributed by atoms with Gasteiger partial charge in [-0.25, -0.2) is 4.98 Å². The van der Waals surface area contributed by atoms with E-state index in [1.54, 1.807) is 22.0 Å². The molecule has 0 aliphatic carbocycles. The van der Waals surface area contributed by atoms with Gasteiger partial charge in [0.1, 0.15) is 0 Å². The molecule has 0 saturated heterocycles. The van der Waals surface area contributed by atoms with Crippen LogP contribution in [0.3, 0.4) is 0 Å². The van der Waals surface area contributed by atoms with E-state index in [-0.39, 0.29) is 5.56 Å². The zero-order valence-electron chi connectivity index (χ0n) is 10.6. The van der Waals surface area contributed by atoms with Gasteiger partial charge in [-0.15, -0.1) is 11.3 Å². The highest BCUT2D eigenvalue weighted by molar-refractivity contribution is 7.15. The Balaban J connectivity index is 2.09. The van der Waals surface area contributed by atoms with E-state index in [2.05, 4.69) is 17.2 Å². The van der Waals surface area contributed by atoms with Crippen molar-refractivity contribution in [3.8, 4) is 0 Å². The van der Waals surface area contributed by atoms with Crippen molar-refractivity contribution >= 4 is 16.5 Å². The van der Waals surface area contributed by atoms with Crippen LogP contribution in [0.25, 0.3) is 0 Å². The monoisotopic (exact) mass is 263 g/mol. The molecule has 2 rings (SSSR count). The SMILES string of the molecule is CCCNc1ncc(Cn2ccc(C)cc2=O)s1. The average Bonchev–Trinajstić information content (AvgIpc) is 2.78. The van der Waals surface area contributed by atoms with Gasteiger partial charge in [0.2, 0.25) is 0 Å². The molecule has 0 unspecified atom stereocenters. The summed E-state index contributed by atoms with van der Waals surface area (Å²) in [7, 11) is 0. The van der Waals surface area contributed by atoms with Crippen LogP contribution in [0.5, 0.6) is 0 Å². The largest absolute Gasteiger partial charge is 0.362 e. The van der Waals surface area contributed by atoms with Gasteiger partial charge in [-0.3, -0.25) is 4.79 Å². The summed E-state index contributed by atoms with van der Waals surface area (Å²) in [5.41, 5.74) is 1.03. The van der Waals surface area contributed by atoms with Crippen LogP contribution in [0, 0.1) is 6.92 Å². The molecule has 18 heavy (non-hydrogen) atoms. The topological polar surface area (TPSA) is 46.9 Å². The number of hydrogen-bond donors (Lipinski definition) is 1. The van der Waals surface area contributed by atoms with Gasteiger partial charge in [0.15, 0.2) is 5.13 Å². The number of nitrogens with zero attached hydrogens (tertiary/aromatic N) is 2. The lowest BCUT2D eigenvalue weighted by Gasteiger charge is -2.03. The Morgan fingerprint density at radius 1 is 1.50 bits per heavy atom. The summed E-state index contributed by atoms with van der Waals surface area (Å²) in [5, 5.41) is 4.17. The van der Waals surface area contributed by atoms with Gasteiger partial charge in [-0.2, -0.15) is 0 Å². The molecular weight excluding hydrogens is 246 g/mol. The van der Waals surface area contributed by atoms with Crippen LogP contribution in [-0.4, -0.2) is 16.1 Å². The van der Waals surface area contributed by atoms with E-state index in [1.807, 2.05) is 25.4 Å². The fraction of sp³-hybridized carbons (Fsp3) is 0.385. The number of rotatable bonds is 5. The summed E-state index contributed by atoms with van der Waals surface area (Å²) < 4.78 is 1.70. The Morgan fingerprint density at radius 3 is 3.06 bits per heavy atom. The van der Waals surface area contributed by atoms with Crippen LogP contribution in [0.15, 0.2) is 29.3 Å². The van der Waals surface area contributed by atoms with Crippen molar-refractivity contribution in [2.45, 2.75) is 26.8 Å². The van der Waals surface area contributed by atoms with Crippen molar-refractivity contribution in [1.82, 2.24) is 9.55 Å². The maximum Gasteiger partial charge on any atom is 0.251 e. The van der Waals surface area contributed by atoms with E-state index in [0.29, 0.717) is 6.54 Å². The number of nitrogens with one attached hydrogen (secondary N) is 1. The number of anilines is 1. The van der Waals surface area contributed by atoms with Gasteiger partial charge < -0.3 is 9.88 Å². The molecule has 4 nitrogen and oxygen atoms in total. The fourth-order valence-corrected chi connectivity index (χ4v) is 2.44. The molecule has 0 aliphatic rings. The predicted octanol–water partition coefficient (Wildman–Crippen LogP) is 2.48. The molecule has 2 aromatic heterocycles. The molecule has 5 heteroatoms. The Labute approximate surface area is 110 Å². The summed E-state index contributed by atoms with van der Waals surface area (Å²) in [4.78, 5) is 17.1. The highest BCUT2D eigenvalue weighted by Crippen LogP contribution is 2.18. The summed E-state index contributed by atoms with van der Waals surface area (Å²) in [6, 6.07) is 3.59. The minimum atomic E-state index is 0.0338. The van der Waals surface area contributed by atoms with Crippen LogP contribution >= 0.6 is 11.3 Å². The summed E-state index contributed by atoms with van der Waals surface area (Å²) in [6.45, 7) is 5.56. The molecule has 0 fully saturated rings. The maximum absolute atomic E-state index is 11.8. The van der Waals surface area contributed by atoms with Gasteiger partial charge in [-0.05, 0) is 25.0 Å². The summed E-state index contributed by atoms with van der Waals surface area (Å²) in [6.07, 6.45) is 4.73. The fourth-order valence-electron chi connectivity index (χ4n) is 1.60. The standard InChI is InChI=1S/C13H17N3OS/c1-3-5-14-13-15-8-11(18-13)9-16-6-4-10(2)7-12(16)17/h4,6-8H,3,5,9H2,1-2H3,(H,14,15). The van der Waals surface area contributed by atoms with Crippen molar-refractivity contribution < 1.29 is 0 Å². The second-order valence-corrected chi connectivity index (χ2v) is 5.34. The van der Waals surface area contributed by atoms with Crippen molar-refractivity contribution in [3.05, 3.63) is 45.3 Å². The number of thiazole rings is 1. The molecule has 0 atom stereocenters. The van der Waals surface area contributed by atoms with E-state index >= 15 is 0 Å². The first-order valence-electron chi connectivity index (χ1n) is 6.04. The zero-order valence-corrected chi connectivity index (χ0v) is 11.5. The lowest BCUT2D eigenvalue weighted by atomic mass is 10.3. The van der Waals surface area contributed by atoms with E-state index in [0.717, 1.165) is 28.5 Å². The summed E-state index contributed by atoms with van der Waals surface area (Å²) >= 11 is 1.60. The molecule has 2 heterocycles. The first-order valence-corrected chi connectivity index (χ1v) is 6.86. The lowest BCUT2D eigenvalue weighted by Crippen LogP contribution is -2.18. The molecule has 0 radical (unpaired) electrons. The minimum Gasteiger partial charge on any atom is -0.362 e. The summed E-state index contributed by atoms with van der Waals surface area (Å²) in [5.74, 6) is 0. The number of aryl methyl sites for hydroxylation is 1. The second-order valence-electron chi connectivity index (χ2n) is 4.23. The molecule has 0 amide bonds. The van der Waals surface area contributed by atoms with Crippen LogP contribution in [0.1, 0.15) is 23.8 Å². The van der Waals surface area contributed by atoms with E-state index in [1.165, 1.54) is 0 Å². The van der Waals surface area contributed by atoms with Crippen molar-refractivity contribution in [1.29, 1.82) is 0 Å². The van der Waals surface area contributed by atoms with Crippen LogP contribution in [0.4, 0.5) is 5.13 Å². The molecule has 0 aliphatic heterocycles. The van der Waals surface area contributed by atoms with Crippen molar-refractivity contribution in [3.63, 3.8) is 0 Å². The maximum atomic E-state index is 11.8. The third-order valence-electron chi connectivity index (χ3n) is 2.56. The van der Waals surface area contributed by atoms with Crippen LogP contribution in [-0.2, 0) is 6.54 Å². The predicted molar refractivity (Wildman–Crippen MR) is 75.4 cm³/mol. The molecular formula is C13H17N3OS. The van der Waals surface area contributed by atoms with Crippen molar-refractivity contribution in [2.75, 3.05) is 11.9 Å². The zero-order chi connectivity index (χ0) is 13.0. The Hall–Kier alpha value is -1.62. The van der Waals surface area contributed by atoms with Gasteiger partial charge >= 0.3 is 0 Å². The van der Waals surface area contributed by atoms with E-state index in [9.17, 15) is 4.79 Å². The normalized spacial score (nSPS) is 10.6. The molecule has 0 bridgehead atoms. The van der Waals surface area contributed by atoms with Gasteiger partial charge in [-0.1, -0.05) is 6.92 Å². The lowest BCUT2D eigenvalue weighted by molar-refractivity contribution is 0.766. The quantitative estimate of drug-likeness (QED) is 0.901. The minimum absolute atomic E-state index is 0.0338. The number of aromatic nitrogens is 2. The van der Waals surface area contributed by atoms with Crippen molar-refractivity contribution in [2.24, 2.45) is 0 Å². The van der Waals surface area contributed by atoms with Gasteiger partial charge in [0, 0.05) is 29.9 Å². The molecule has 0 spiro atoms. The number of pyridine rings is 1. The molecule has 96 valence electrons. The van der Waals surface area contributed by atoms with Crippen LogP contribution < -0.4 is 10.9 Å². The average molecular weight is 263 g/mol. The second kappa shape index (κ2) is 5.82. The molecule has 0 aromatic carbocycles. The van der Waals surface area contributed by atoms with Gasteiger partial charge in [0.25, 0.3) is 5.56 Å². The third kappa shape index (κ3) is 3.20. The smallest absolute Gasteiger partial charge is 0.251 e. The molecule has 0 saturated carbocycles. The first kappa shape index (κ1) is 12.8. The molecule has 2 aromatic rings. The molecule has 1 N–H and O–H groups in total.